The maximum absolute atomic E-state index is 13.1. The van der Waals surface area contributed by atoms with Gasteiger partial charge in [0.05, 0.1) is 37.6 Å². The van der Waals surface area contributed by atoms with Crippen LogP contribution in [0.1, 0.15) is 58.9 Å². The van der Waals surface area contributed by atoms with Crippen molar-refractivity contribution in [2.24, 2.45) is 0 Å². The fourth-order valence-corrected chi connectivity index (χ4v) is 4.70. The number of carbonyl (C=O) groups excluding carboxylic acids is 4. The van der Waals surface area contributed by atoms with Gasteiger partial charge in [-0.3, -0.25) is 0 Å². The van der Waals surface area contributed by atoms with Crippen LogP contribution in [-0.2, 0) is 19.1 Å². The summed E-state index contributed by atoms with van der Waals surface area (Å²) < 4.78 is 33.1. The van der Waals surface area contributed by atoms with Gasteiger partial charge in [0, 0.05) is 22.9 Å². The molecular weight excluding hydrogens is 640 g/mol. The maximum atomic E-state index is 13.1. The summed E-state index contributed by atoms with van der Waals surface area (Å²) in [5.41, 5.74) is 1.41. The largest absolute Gasteiger partial charge is 0.494 e. The highest BCUT2D eigenvalue weighted by Gasteiger charge is 2.17. The molecule has 0 unspecified atom stereocenters. The van der Waals surface area contributed by atoms with Gasteiger partial charge in [0.1, 0.15) is 23.0 Å². The average Bonchev–Trinajstić information content (AvgIpc) is 3.12. The first-order chi connectivity index (χ1) is 24.3. The third-order valence-electron chi connectivity index (χ3n) is 7.32. The van der Waals surface area contributed by atoms with Gasteiger partial charge in [-0.25, -0.2) is 19.2 Å². The minimum Gasteiger partial charge on any atom is -0.494 e. The monoisotopic (exact) mass is 680 g/mol. The standard InChI is InChI=1S/C40H40O10/c1-4-11-37(42)48-27-9-7-25-46-31-19-15-29(16-20-31)39(43)49-35-13-10-12-34-33(35)23-14-28(3)38(34)50-40(44)30-17-21-32(22-18-30)45-24-6-8-26-47-36(41)5-2/h4-5,10-23H,2,6-9,24-27H2,1,3H3. The molecule has 0 bridgehead atoms. The summed E-state index contributed by atoms with van der Waals surface area (Å²) >= 11 is 0. The average molecular weight is 681 g/mol. The molecule has 0 N–H and O–H groups in total. The molecule has 4 aromatic rings. The van der Waals surface area contributed by atoms with Crippen molar-refractivity contribution in [3.05, 3.63) is 120 Å². The molecule has 10 nitrogen and oxygen atoms in total. The van der Waals surface area contributed by atoms with Crippen LogP contribution in [0.2, 0.25) is 0 Å². The Morgan fingerprint density at radius 2 is 1.16 bits per heavy atom. The van der Waals surface area contributed by atoms with E-state index in [-0.39, 0.29) is 5.97 Å². The minimum atomic E-state index is -0.551. The highest BCUT2D eigenvalue weighted by atomic mass is 16.5. The first-order valence-corrected chi connectivity index (χ1v) is 16.3. The molecular formula is C40H40O10. The Kier molecular flexibility index (Phi) is 14.2. The van der Waals surface area contributed by atoms with Crippen LogP contribution in [-0.4, -0.2) is 50.3 Å². The molecule has 4 aromatic carbocycles. The number of allylic oxidation sites excluding steroid dienone is 1. The molecule has 0 aliphatic heterocycles. The number of ether oxygens (including phenoxy) is 6. The van der Waals surface area contributed by atoms with Crippen LogP contribution in [0.4, 0.5) is 0 Å². The Morgan fingerprint density at radius 3 is 1.72 bits per heavy atom. The van der Waals surface area contributed by atoms with E-state index in [4.69, 9.17) is 28.4 Å². The van der Waals surface area contributed by atoms with Crippen molar-refractivity contribution in [3.8, 4) is 23.0 Å². The lowest BCUT2D eigenvalue weighted by atomic mass is 10.0. The molecule has 260 valence electrons. The summed E-state index contributed by atoms with van der Waals surface area (Å²) in [5.74, 6) is -0.0365. The van der Waals surface area contributed by atoms with Crippen molar-refractivity contribution in [3.63, 3.8) is 0 Å². The second-order valence-electron chi connectivity index (χ2n) is 11.0. The van der Waals surface area contributed by atoms with Crippen LogP contribution in [0.3, 0.4) is 0 Å². The molecule has 0 aliphatic carbocycles. The predicted molar refractivity (Wildman–Crippen MR) is 188 cm³/mol. The number of carbonyl (C=O) groups is 4. The summed E-state index contributed by atoms with van der Waals surface area (Å²) in [6.07, 6.45) is 6.84. The number of hydrogen-bond donors (Lipinski definition) is 0. The molecule has 0 saturated heterocycles. The molecule has 50 heavy (non-hydrogen) atoms. The predicted octanol–water partition coefficient (Wildman–Crippen LogP) is 7.75. The van der Waals surface area contributed by atoms with Gasteiger partial charge in [-0.05, 0) is 99.7 Å². The van der Waals surface area contributed by atoms with E-state index in [1.54, 1.807) is 85.8 Å². The van der Waals surface area contributed by atoms with E-state index in [1.807, 2.05) is 13.0 Å². The second kappa shape index (κ2) is 19.2. The normalized spacial score (nSPS) is 10.8. The Balaban J connectivity index is 1.31. The van der Waals surface area contributed by atoms with Gasteiger partial charge in [-0.1, -0.05) is 36.9 Å². The van der Waals surface area contributed by atoms with Gasteiger partial charge in [-0.15, -0.1) is 0 Å². The highest BCUT2D eigenvalue weighted by molar-refractivity contribution is 6.00. The summed E-state index contributed by atoms with van der Waals surface area (Å²) in [5, 5.41) is 1.22. The summed E-state index contributed by atoms with van der Waals surface area (Å²) in [6.45, 7) is 8.42. The summed E-state index contributed by atoms with van der Waals surface area (Å²) in [4.78, 5) is 48.6. The number of fused-ring (bicyclic) bond motifs is 1. The van der Waals surface area contributed by atoms with Crippen LogP contribution >= 0.6 is 0 Å². The number of benzene rings is 4. The van der Waals surface area contributed by atoms with Gasteiger partial charge in [0.25, 0.3) is 0 Å². The van der Waals surface area contributed by atoms with Crippen molar-refractivity contribution in [1.29, 1.82) is 0 Å². The van der Waals surface area contributed by atoms with Gasteiger partial charge in [0.15, 0.2) is 0 Å². The van der Waals surface area contributed by atoms with Crippen LogP contribution < -0.4 is 18.9 Å². The lowest BCUT2D eigenvalue weighted by Crippen LogP contribution is -2.11. The number of esters is 4. The van der Waals surface area contributed by atoms with E-state index in [2.05, 4.69) is 6.58 Å². The Morgan fingerprint density at radius 1 is 0.620 bits per heavy atom. The van der Waals surface area contributed by atoms with E-state index in [0.717, 1.165) is 11.6 Å². The number of unbranched alkanes of at least 4 members (excludes halogenated alkanes) is 2. The highest BCUT2D eigenvalue weighted by Crippen LogP contribution is 2.36. The van der Waals surface area contributed by atoms with E-state index in [9.17, 15) is 19.2 Å². The Bertz CT molecular complexity index is 1810. The van der Waals surface area contributed by atoms with Gasteiger partial charge >= 0.3 is 23.9 Å². The fraction of sp³-hybridized carbons (Fsp3) is 0.250. The van der Waals surface area contributed by atoms with Crippen LogP contribution in [0.5, 0.6) is 23.0 Å². The Labute approximate surface area is 291 Å². The van der Waals surface area contributed by atoms with Crippen LogP contribution in [0, 0.1) is 6.92 Å². The number of rotatable bonds is 18. The maximum Gasteiger partial charge on any atom is 0.343 e. The smallest absolute Gasteiger partial charge is 0.343 e. The molecule has 0 saturated carbocycles. The van der Waals surface area contributed by atoms with Crippen molar-refractivity contribution in [1.82, 2.24) is 0 Å². The SMILES string of the molecule is C=CC(=O)OCCCCOc1ccc(C(=O)Oc2c(C)ccc3c(OC(=O)c4ccc(OCCCCOC(=O)C=CC)cc4)cccc23)cc1. The van der Waals surface area contributed by atoms with Crippen molar-refractivity contribution >= 4 is 34.6 Å². The quantitative estimate of drug-likeness (QED) is 0.0446. The molecule has 0 atom stereocenters. The molecule has 0 spiro atoms. The third kappa shape index (κ3) is 11.1. The molecule has 0 amide bonds. The molecule has 0 radical (unpaired) electrons. The van der Waals surface area contributed by atoms with Crippen molar-refractivity contribution in [2.45, 2.75) is 39.5 Å². The molecule has 0 fully saturated rings. The van der Waals surface area contributed by atoms with Gasteiger partial charge < -0.3 is 28.4 Å². The zero-order valence-corrected chi connectivity index (χ0v) is 28.2. The van der Waals surface area contributed by atoms with Crippen LogP contribution in [0.25, 0.3) is 10.8 Å². The third-order valence-corrected chi connectivity index (χ3v) is 7.32. The molecule has 0 heterocycles. The van der Waals surface area contributed by atoms with E-state index < -0.39 is 17.9 Å². The molecule has 10 heteroatoms. The zero-order chi connectivity index (χ0) is 35.7. The van der Waals surface area contributed by atoms with Crippen molar-refractivity contribution in [2.75, 3.05) is 26.4 Å². The van der Waals surface area contributed by atoms with Gasteiger partial charge in [0.2, 0.25) is 0 Å². The fourth-order valence-electron chi connectivity index (χ4n) is 4.70. The molecule has 0 aromatic heterocycles. The van der Waals surface area contributed by atoms with E-state index in [0.29, 0.717) is 97.0 Å². The second-order valence-corrected chi connectivity index (χ2v) is 11.0. The number of aryl methyl sites for hydroxylation is 1. The van der Waals surface area contributed by atoms with Crippen LogP contribution in [0.15, 0.2) is 104 Å². The van der Waals surface area contributed by atoms with Gasteiger partial charge in [-0.2, -0.15) is 0 Å². The Hall–Kier alpha value is -5.90. The lowest BCUT2D eigenvalue weighted by molar-refractivity contribution is -0.138. The molecule has 0 aliphatic rings. The zero-order valence-electron chi connectivity index (χ0n) is 28.2. The lowest BCUT2D eigenvalue weighted by Gasteiger charge is -2.14. The van der Waals surface area contributed by atoms with Crippen molar-refractivity contribution < 1.29 is 47.6 Å². The van der Waals surface area contributed by atoms with E-state index >= 15 is 0 Å². The van der Waals surface area contributed by atoms with E-state index in [1.165, 1.54) is 6.08 Å². The first-order valence-electron chi connectivity index (χ1n) is 16.3. The summed E-state index contributed by atoms with van der Waals surface area (Å²) in [6, 6.07) is 22.1. The summed E-state index contributed by atoms with van der Waals surface area (Å²) in [7, 11) is 0. The topological polar surface area (TPSA) is 124 Å². The number of hydrogen-bond acceptors (Lipinski definition) is 10. The molecule has 4 rings (SSSR count). The minimum absolute atomic E-state index is 0.295. The first kappa shape index (κ1) is 36.9.